The van der Waals surface area contributed by atoms with E-state index in [0.717, 1.165) is 55.4 Å². The highest BCUT2D eigenvalue weighted by atomic mass is 127. The summed E-state index contributed by atoms with van der Waals surface area (Å²) in [7, 11) is 0. The van der Waals surface area contributed by atoms with E-state index in [1.807, 2.05) is 0 Å². The maximum Gasteiger partial charge on any atom is 0.202 e. The van der Waals surface area contributed by atoms with E-state index < -0.39 is 49.2 Å². The first kappa shape index (κ1) is 36.0. The molecule has 2 fully saturated rings. The van der Waals surface area contributed by atoms with E-state index in [1.54, 1.807) is 46.0 Å². The molecule has 0 amide bonds. The average Bonchev–Trinajstić information content (AvgIpc) is 2.99. The Balaban J connectivity index is 1.37. The molecular formula is C33H48I2O10. The van der Waals surface area contributed by atoms with Crippen molar-refractivity contribution in [2.45, 2.75) is 140 Å². The molecule has 4 aliphatic rings. The molecule has 0 spiro atoms. The van der Waals surface area contributed by atoms with E-state index in [-0.39, 0.29) is 37.6 Å². The molecule has 5 rings (SSSR count). The summed E-state index contributed by atoms with van der Waals surface area (Å²) >= 11 is 3.50. The van der Waals surface area contributed by atoms with Crippen LogP contribution in [0.25, 0.3) is 0 Å². The topological polar surface area (TPSA) is 125 Å². The van der Waals surface area contributed by atoms with E-state index in [9.17, 15) is 15.3 Å². The second kappa shape index (κ2) is 15.9. The molecule has 1 aromatic carbocycles. The van der Waals surface area contributed by atoms with Gasteiger partial charge in [0.05, 0.1) is 19.3 Å². The number of hydrogen-bond donors (Lipinski definition) is 3. The highest BCUT2D eigenvalue weighted by Crippen LogP contribution is 2.54. The molecule has 1 aliphatic carbocycles. The van der Waals surface area contributed by atoms with Crippen molar-refractivity contribution >= 4 is 46.0 Å². The normalized spacial score (nSPS) is 36.0. The van der Waals surface area contributed by atoms with E-state index in [2.05, 4.69) is 45.9 Å². The van der Waals surface area contributed by atoms with E-state index in [1.165, 1.54) is 5.57 Å². The van der Waals surface area contributed by atoms with Gasteiger partial charge in [-0.25, -0.2) is 0 Å². The van der Waals surface area contributed by atoms with E-state index in [4.69, 9.17) is 29.8 Å². The van der Waals surface area contributed by atoms with Gasteiger partial charge in [0.25, 0.3) is 0 Å². The first-order valence-corrected chi connectivity index (χ1v) is 18.0. The third kappa shape index (κ3) is 8.30. The highest BCUT2D eigenvalue weighted by Gasteiger charge is 2.48. The molecule has 0 saturated carbocycles. The third-order valence-corrected chi connectivity index (χ3v) is 10.7. The van der Waals surface area contributed by atoms with Gasteiger partial charge in [-0.05, 0) is 64.2 Å². The first-order valence-electron chi connectivity index (χ1n) is 16.2. The van der Waals surface area contributed by atoms with Crippen molar-refractivity contribution in [3.8, 4) is 11.5 Å². The maximum absolute atomic E-state index is 11.3. The van der Waals surface area contributed by atoms with Gasteiger partial charge in [0.2, 0.25) is 6.29 Å². The van der Waals surface area contributed by atoms with Gasteiger partial charge in [0.15, 0.2) is 6.29 Å². The molecule has 45 heavy (non-hydrogen) atoms. The number of benzene rings is 1. The molecule has 10 nitrogen and oxygen atoms in total. The van der Waals surface area contributed by atoms with Crippen LogP contribution in [0, 0.1) is 5.92 Å². The van der Waals surface area contributed by atoms with Gasteiger partial charge in [-0.3, -0.25) is 0 Å². The van der Waals surface area contributed by atoms with Crippen LogP contribution in [0.5, 0.6) is 11.5 Å². The molecule has 1 aromatic rings. The fourth-order valence-corrected chi connectivity index (χ4v) is 8.15. The SMILES string of the molecule is CCCCCc1cc(O[C@H]2C[C@@H](O)[C@H](O[C@H]3C[C@@H](OI)[C@H](O)[C@@H](COI)O3)[C@@H](CO)O2)c2c(c1)OC(C)(C)[C@@H]1CCC(C)=C[C@@H]21. The number of aliphatic hydroxyl groups is 3. The summed E-state index contributed by atoms with van der Waals surface area (Å²) in [5, 5.41) is 32.2. The summed E-state index contributed by atoms with van der Waals surface area (Å²) < 4.78 is 42.3. The Kier molecular flexibility index (Phi) is 12.7. The summed E-state index contributed by atoms with van der Waals surface area (Å²) in [6.07, 6.45) is 2.62. The smallest absolute Gasteiger partial charge is 0.202 e. The van der Waals surface area contributed by atoms with Crippen molar-refractivity contribution in [2.24, 2.45) is 5.92 Å². The molecular weight excluding hydrogens is 810 g/mol. The lowest BCUT2D eigenvalue weighted by Crippen LogP contribution is -2.57. The van der Waals surface area contributed by atoms with Crippen LogP contribution in [0.4, 0.5) is 0 Å². The summed E-state index contributed by atoms with van der Waals surface area (Å²) in [6.45, 7) is 8.50. The molecule has 2 saturated heterocycles. The Morgan fingerprint density at radius 3 is 2.53 bits per heavy atom. The van der Waals surface area contributed by atoms with Crippen LogP contribution in [0.15, 0.2) is 23.8 Å². The number of unbranched alkanes of at least 4 members (excludes halogenated alkanes) is 2. The largest absolute Gasteiger partial charge is 0.487 e. The van der Waals surface area contributed by atoms with Gasteiger partial charge in [-0.2, -0.15) is 0 Å². The zero-order valence-corrected chi connectivity index (χ0v) is 30.8. The minimum atomic E-state index is -1.00. The monoisotopic (exact) mass is 858 g/mol. The van der Waals surface area contributed by atoms with Crippen molar-refractivity contribution in [3.63, 3.8) is 0 Å². The molecule has 0 aromatic heterocycles. The van der Waals surface area contributed by atoms with Crippen molar-refractivity contribution < 1.29 is 45.1 Å². The fraction of sp³-hybridized carbons (Fsp3) is 0.758. The number of rotatable bonds is 12. The lowest BCUT2D eigenvalue weighted by molar-refractivity contribution is -0.309. The second-order valence-electron chi connectivity index (χ2n) is 13.4. The molecule has 0 radical (unpaired) electrons. The Hall–Kier alpha value is -0.300. The number of aryl methyl sites for hydroxylation is 1. The average molecular weight is 859 g/mol. The van der Waals surface area contributed by atoms with Gasteiger partial charge in [-0.15, -0.1) is 0 Å². The number of ether oxygens (including phenoxy) is 5. The zero-order chi connectivity index (χ0) is 32.3. The summed E-state index contributed by atoms with van der Waals surface area (Å²) in [6, 6.07) is 4.28. The van der Waals surface area contributed by atoms with Crippen molar-refractivity contribution in [1.29, 1.82) is 0 Å². The Morgan fingerprint density at radius 1 is 1.04 bits per heavy atom. The van der Waals surface area contributed by atoms with Crippen LogP contribution in [-0.4, -0.2) is 83.3 Å². The van der Waals surface area contributed by atoms with Crippen molar-refractivity contribution in [3.05, 3.63) is 34.9 Å². The van der Waals surface area contributed by atoms with Crippen LogP contribution in [0.1, 0.15) is 89.7 Å². The van der Waals surface area contributed by atoms with Crippen LogP contribution in [0.2, 0.25) is 0 Å². The van der Waals surface area contributed by atoms with Crippen LogP contribution in [-0.2, 0) is 26.8 Å². The number of aliphatic hydroxyl groups excluding tert-OH is 3. The van der Waals surface area contributed by atoms with E-state index in [0.29, 0.717) is 11.7 Å². The number of halogens is 2. The lowest BCUT2D eigenvalue weighted by atomic mass is 9.68. The third-order valence-electron chi connectivity index (χ3n) is 9.69. The minimum Gasteiger partial charge on any atom is -0.487 e. The summed E-state index contributed by atoms with van der Waals surface area (Å²) in [5.41, 5.74) is 3.21. The molecule has 254 valence electrons. The predicted molar refractivity (Wildman–Crippen MR) is 184 cm³/mol. The standard InChI is InChI=1S/C33H48I2O10/c1-5-6-7-8-19-12-23(30-20-11-18(2)9-10-21(20)33(3,4)44-24(30)13-19)40-28-14-22(37)32(26(16-36)41-28)43-29-15-25(45-35)31(38)27(42-29)17-39-34/h11-13,20-22,25-29,31-32,36-38H,5-10,14-17H2,1-4H3/t20-,21-,22-,25-,26-,27-,28-,29+,31+,32+/m1/s1. The minimum absolute atomic E-state index is 0.132. The second-order valence-corrected chi connectivity index (χ2v) is 14.5. The molecule has 3 heterocycles. The first-order chi connectivity index (χ1) is 21.6. The van der Waals surface area contributed by atoms with Gasteiger partial charge < -0.3 is 45.1 Å². The van der Waals surface area contributed by atoms with Crippen molar-refractivity contribution in [1.82, 2.24) is 0 Å². The maximum atomic E-state index is 11.3. The molecule has 0 unspecified atom stereocenters. The van der Waals surface area contributed by atoms with Crippen LogP contribution in [0.3, 0.4) is 0 Å². The molecule has 0 bridgehead atoms. The predicted octanol–water partition coefficient (Wildman–Crippen LogP) is 5.84. The lowest BCUT2D eigenvalue weighted by Gasteiger charge is -2.47. The van der Waals surface area contributed by atoms with Crippen LogP contribution >= 0.6 is 46.0 Å². The Bertz CT molecular complexity index is 1160. The van der Waals surface area contributed by atoms with Gasteiger partial charge in [0, 0.05) is 30.2 Å². The van der Waals surface area contributed by atoms with Gasteiger partial charge in [0.1, 0.15) is 93.6 Å². The summed E-state index contributed by atoms with van der Waals surface area (Å²) in [5.74, 6) is 1.99. The fourth-order valence-electron chi connectivity index (χ4n) is 7.28. The zero-order valence-electron chi connectivity index (χ0n) is 26.5. The molecule has 12 heteroatoms. The Morgan fingerprint density at radius 2 is 1.82 bits per heavy atom. The van der Waals surface area contributed by atoms with Gasteiger partial charge in [-0.1, -0.05) is 31.4 Å². The summed E-state index contributed by atoms with van der Waals surface area (Å²) in [4.78, 5) is 0. The quantitative estimate of drug-likeness (QED) is 0.134. The molecule has 3 aliphatic heterocycles. The highest BCUT2D eigenvalue weighted by molar-refractivity contribution is 14.1. The number of fused-ring (bicyclic) bond motifs is 3. The van der Waals surface area contributed by atoms with Crippen molar-refractivity contribution in [2.75, 3.05) is 13.2 Å². The van der Waals surface area contributed by atoms with E-state index >= 15 is 0 Å². The number of hydrogen-bond acceptors (Lipinski definition) is 10. The Labute approximate surface area is 294 Å². The van der Waals surface area contributed by atoms with Gasteiger partial charge >= 0.3 is 0 Å². The molecule has 3 N–H and O–H groups in total. The number of allylic oxidation sites excluding steroid dienone is 2. The molecule has 10 atom stereocenters. The van der Waals surface area contributed by atoms with Crippen LogP contribution < -0.4 is 9.47 Å².